The smallest absolute Gasteiger partial charge is 0.299 e. The molecule has 1 heterocycles. The van der Waals surface area contributed by atoms with Gasteiger partial charge in [-0.3, -0.25) is 9.59 Å². The molecule has 114 valence electrons. The van der Waals surface area contributed by atoms with Gasteiger partial charge in [-0.15, -0.1) is 0 Å². The molecule has 1 aromatic rings. The second-order valence-corrected chi connectivity index (χ2v) is 6.00. The first-order valence-corrected chi connectivity index (χ1v) is 8.24. The number of hydrogen-bond donors (Lipinski definition) is 0. The van der Waals surface area contributed by atoms with E-state index in [0.717, 1.165) is 18.2 Å². The Labute approximate surface area is 133 Å². The zero-order chi connectivity index (χ0) is 15.6. The molecule has 21 heavy (non-hydrogen) atoms. The van der Waals surface area contributed by atoms with Gasteiger partial charge in [0.25, 0.3) is 11.7 Å². The zero-order valence-electron chi connectivity index (χ0n) is 12.6. The lowest BCUT2D eigenvalue weighted by atomic mass is 9.84. The fourth-order valence-electron chi connectivity index (χ4n) is 2.60. The van der Waals surface area contributed by atoms with Crippen molar-refractivity contribution in [3.8, 4) is 5.75 Å². The van der Waals surface area contributed by atoms with Crippen LogP contribution in [0.5, 0.6) is 5.75 Å². The van der Waals surface area contributed by atoms with Crippen LogP contribution in [0.2, 0.25) is 0 Å². The number of ether oxygens (including phenoxy) is 1. The van der Waals surface area contributed by atoms with E-state index in [4.69, 9.17) is 4.74 Å². The van der Waals surface area contributed by atoms with E-state index in [1.165, 1.54) is 0 Å². The number of ketones is 1. The Hall–Kier alpha value is -1.36. The third-order valence-corrected chi connectivity index (χ3v) is 5.65. The number of alkyl halides is 1. The molecule has 0 saturated carbocycles. The molecular formula is C16H20BrNO3. The highest BCUT2D eigenvalue weighted by Gasteiger charge is 2.40. The van der Waals surface area contributed by atoms with Crippen LogP contribution >= 0.6 is 15.9 Å². The van der Waals surface area contributed by atoms with Gasteiger partial charge in [0, 0.05) is 17.9 Å². The van der Waals surface area contributed by atoms with E-state index in [2.05, 4.69) is 29.8 Å². The lowest BCUT2D eigenvalue weighted by molar-refractivity contribution is -0.114. The molecule has 0 bridgehead atoms. The molecule has 0 radical (unpaired) electrons. The maximum atomic E-state index is 12.3. The third-order valence-electron chi connectivity index (χ3n) is 4.46. The van der Waals surface area contributed by atoms with Gasteiger partial charge >= 0.3 is 0 Å². The van der Waals surface area contributed by atoms with Crippen LogP contribution in [0.15, 0.2) is 18.2 Å². The molecule has 0 aromatic heterocycles. The van der Waals surface area contributed by atoms with Gasteiger partial charge < -0.3 is 9.64 Å². The molecule has 0 N–H and O–H groups in total. The number of benzene rings is 1. The largest absolute Gasteiger partial charge is 0.497 e. The van der Waals surface area contributed by atoms with Crippen LogP contribution in [0.25, 0.3) is 0 Å². The van der Waals surface area contributed by atoms with Crippen LogP contribution < -0.4 is 9.64 Å². The number of methoxy groups -OCH3 is 1. The number of nitrogens with zero attached hydrogens (tertiary/aromatic N) is 1. The molecule has 4 nitrogen and oxygen atoms in total. The topological polar surface area (TPSA) is 46.6 Å². The summed E-state index contributed by atoms with van der Waals surface area (Å²) < 4.78 is 5.21. The van der Waals surface area contributed by atoms with Crippen LogP contribution in [0.1, 0.15) is 37.0 Å². The van der Waals surface area contributed by atoms with Gasteiger partial charge in [-0.25, -0.2) is 0 Å². The number of anilines is 1. The first kappa shape index (κ1) is 16.0. The summed E-state index contributed by atoms with van der Waals surface area (Å²) >= 11 is 3.56. The average Bonchev–Trinajstić information content (AvgIpc) is 2.76. The summed E-state index contributed by atoms with van der Waals surface area (Å²) in [6.07, 6.45) is 1.87. The van der Waals surface area contributed by atoms with Crippen LogP contribution in [0.4, 0.5) is 5.69 Å². The first-order chi connectivity index (χ1) is 10.0. The predicted molar refractivity (Wildman–Crippen MR) is 86.5 cm³/mol. The van der Waals surface area contributed by atoms with Crippen LogP contribution in [0.3, 0.4) is 0 Å². The van der Waals surface area contributed by atoms with Crippen molar-refractivity contribution in [3.05, 3.63) is 23.8 Å². The fraction of sp³-hybridized carbons (Fsp3) is 0.500. The Morgan fingerprint density at radius 2 is 1.90 bits per heavy atom. The summed E-state index contributed by atoms with van der Waals surface area (Å²) in [5.74, 6) is -0.215. The van der Waals surface area contributed by atoms with E-state index in [9.17, 15) is 9.59 Å². The highest BCUT2D eigenvalue weighted by Crippen LogP contribution is 2.37. The molecule has 1 aromatic carbocycles. The second kappa shape index (κ2) is 6.18. The second-order valence-electron chi connectivity index (χ2n) is 5.44. The van der Waals surface area contributed by atoms with Gasteiger partial charge in [-0.2, -0.15) is 0 Å². The number of halogens is 1. The molecule has 0 unspecified atom stereocenters. The van der Waals surface area contributed by atoms with Crippen molar-refractivity contribution < 1.29 is 14.3 Å². The third kappa shape index (κ3) is 2.71. The Morgan fingerprint density at radius 1 is 1.24 bits per heavy atom. The molecule has 0 saturated heterocycles. The number of hydrogen-bond acceptors (Lipinski definition) is 3. The van der Waals surface area contributed by atoms with Gasteiger partial charge in [0.05, 0.1) is 18.4 Å². The molecule has 2 rings (SSSR count). The minimum Gasteiger partial charge on any atom is -0.497 e. The van der Waals surface area contributed by atoms with Crippen LogP contribution in [0, 0.1) is 5.41 Å². The monoisotopic (exact) mass is 353 g/mol. The summed E-state index contributed by atoms with van der Waals surface area (Å²) in [7, 11) is 1.57. The SMILES string of the molecule is CCC(CC)(CBr)CN1C(=O)C(=O)c2ccc(OC)cc21. The van der Waals surface area contributed by atoms with Gasteiger partial charge in [0.15, 0.2) is 0 Å². The van der Waals surface area contributed by atoms with Crippen molar-refractivity contribution >= 4 is 33.3 Å². The summed E-state index contributed by atoms with van der Waals surface area (Å²) in [5, 5.41) is 0.796. The standard InChI is InChI=1S/C16H20BrNO3/c1-4-16(5-2,9-17)10-18-13-8-11(21-3)6-7-12(13)14(19)15(18)20/h6-8H,4-5,9-10H2,1-3H3. The summed E-state index contributed by atoms with van der Waals surface area (Å²) in [6.45, 7) is 4.76. The van der Waals surface area contributed by atoms with E-state index in [-0.39, 0.29) is 5.41 Å². The number of carbonyl (C=O) groups excluding carboxylic acids is 2. The van der Waals surface area contributed by atoms with E-state index < -0.39 is 11.7 Å². The number of fused-ring (bicyclic) bond motifs is 1. The lowest BCUT2D eigenvalue weighted by Gasteiger charge is -2.34. The van der Waals surface area contributed by atoms with E-state index in [1.807, 2.05) is 0 Å². The summed E-state index contributed by atoms with van der Waals surface area (Å²) in [4.78, 5) is 26.0. The molecule has 1 amide bonds. The average molecular weight is 354 g/mol. The van der Waals surface area contributed by atoms with Gasteiger partial charge in [-0.05, 0) is 30.4 Å². The highest BCUT2D eigenvalue weighted by molar-refractivity contribution is 9.09. The predicted octanol–water partition coefficient (Wildman–Crippen LogP) is 3.43. The Kier molecular flexibility index (Phi) is 4.71. The van der Waals surface area contributed by atoms with E-state index in [0.29, 0.717) is 23.5 Å². The minimum absolute atomic E-state index is 0.0272. The first-order valence-electron chi connectivity index (χ1n) is 7.12. The van der Waals surface area contributed by atoms with E-state index in [1.54, 1.807) is 30.2 Å². The van der Waals surface area contributed by atoms with Crippen LogP contribution in [-0.2, 0) is 4.79 Å². The number of amides is 1. The molecular weight excluding hydrogens is 334 g/mol. The molecule has 0 atom stereocenters. The van der Waals surface area contributed by atoms with Crippen LogP contribution in [-0.4, -0.2) is 30.7 Å². The van der Waals surface area contributed by atoms with Crippen molar-refractivity contribution in [2.45, 2.75) is 26.7 Å². The number of Topliss-reactive ketones (excluding diaryl/α,β-unsaturated/α-hetero) is 1. The molecule has 0 fully saturated rings. The number of carbonyl (C=O) groups is 2. The van der Waals surface area contributed by atoms with Crippen molar-refractivity contribution in [2.75, 3.05) is 23.9 Å². The van der Waals surface area contributed by atoms with Crippen molar-refractivity contribution in [1.82, 2.24) is 0 Å². The molecule has 0 spiro atoms. The normalized spacial score (nSPS) is 14.6. The highest BCUT2D eigenvalue weighted by atomic mass is 79.9. The minimum atomic E-state index is -0.439. The fourth-order valence-corrected chi connectivity index (χ4v) is 3.57. The maximum absolute atomic E-state index is 12.3. The Balaban J connectivity index is 2.42. The van der Waals surface area contributed by atoms with Gasteiger partial charge in [0.2, 0.25) is 0 Å². The van der Waals surface area contributed by atoms with Crippen molar-refractivity contribution in [3.63, 3.8) is 0 Å². The Morgan fingerprint density at radius 3 is 2.43 bits per heavy atom. The maximum Gasteiger partial charge on any atom is 0.299 e. The quantitative estimate of drug-likeness (QED) is 0.581. The van der Waals surface area contributed by atoms with Crippen molar-refractivity contribution in [2.24, 2.45) is 5.41 Å². The molecule has 5 heteroatoms. The molecule has 1 aliphatic rings. The van der Waals surface area contributed by atoms with E-state index >= 15 is 0 Å². The Bertz CT molecular complexity index is 558. The van der Waals surface area contributed by atoms with Crippen molar-refractivity contribution in [1.29, 1.82) is 0 Å². The zero-order valence-corrected chi connectivity index (χ0v) is 14.2. The molecule has 1 aliphatic heterocycles. The molecule has 0 aliphatic carbocycles. The lowest BCUT2D eigenvalue weighted by Crippen LogP contribution is -2.41. The summed E-state index contributed by atoms with van der Waals surface area (Å²) in [5.41, 5.74) is 1.11. The number of rotatable bonds is 6. The van der Waals surface area contributed by atoms with Gasteiger partial charge in [-0.1, -0.05) is 29.8 Å². The van der Waals surface area contributed by atoms with Gasteiger partial charge in [0.1, 0.15) is 5.75 Å². The summed E-state index contributed by atoms with van der Waals surface area (Å²) in [6, 6.07) is 5.15.